The second kappa shape index (κ2) is 5.36. The van der Waals surface area contributed by atoms with E-state index in [1.54, 1.807) is 23.3 Å². The summed E-state index contributed by atoms with van der Waals surface area (Å²) in [4.78, 5) is 14.2. The molecule has 1 aromatic rings. The number of amides is 2. The standard InChI is InChI=1S/C9H13BrN2OS/c1-3-12(2)9(13)11-6-7-4-5-8(10)14-7/h4-5H,3,6H2,1-2H3,(H,11,13). The zero-order valence-electron chi connectivity index (χ0n) is 8.21. The Bertz CT molecular complexity index is 314. The van der Waals surface area contributed by atoms with E-state index in [4.69, 9.17) is 0 Å². The molecule has 0 spiro atoms. The van der Waals surface area contributed by atoms with Gasteiger partial charge in [0.2, 0.25) is 0 Å². The minimum absolute atomic E-state index is 0.0305. The van der Waals surface area contributed by atoms with Gasteiger partial charge in [0.15, 0.2) is 0 Å². The van der Waals surface area contributed by atoms with Gasteiger partial charge in [0.1, 0.15) is 0 Å². The normalized spacial score (nSPS) is 9.93. The summed E-state index contributed by atoms with van der Waals surface area (Å²) in [6.07, 6.45) is 0. The Morgan fingerprint density at radius 2 is 2.36 bits per heavy atom. The number of nitrogens with zero attached hydrogens (tertiary/aromatic N) is 1. The lowest BCUT2D eigenvalue weighted by Gasteiger charge is -2.14. The van der Waals surface area contributed by atoms with Crippen LogP contribution in [0.4, 0.5) is 4.79 Å². The van der Waals surface area contributed by atoms with E-state index in [0.717, 1.165) is 15.2 Å². The summed E-state index contributed by atoms with van der Waals surface area (Å²) in [5, 5.41) is 2.84. The molecule has 0 bridgehead atoms. The highest BCUT2D eigenvalue weighted by Gasteiger charge is 2.05. The van der Waals surface area contributed by atoms with Crippen LogP contribution in [0, 0.1) is 0 Å². The van der Waals surface area contributed by atoms with Crippen LogP contribution in [-0.2, 0) is 6.54 Å². The van der Waals surface area contributed by atoms with Gasteiger partial charge < -0.3 is 10.2 Å². The Kier molecular flexibility index (Phi) is 4.41. The fourth-order valence-corrected chi connectivity index (χ4v) is 2.31. The highest BCUT2D eigenvalue weighted by molar-refractivity contribution is 9.11. The van der Waals surface area contributed by atoms with Crippen molar-refractivity contribution in [1.29, 1.82) is 0 Å². The number of hydrogen-bond acceptors (Lipinski definition) is 2. The first-order chi connectivity index (χ1) is 6.63. The topological polar surface area (TPSA) is 32.3 Å². The van der Waals surface area contributed by atoms with Crippen LogP contribution in [0.15, 0.2) is 15.9 Å². The van der Waals surface area contributed by atoms with Crippen molar-refractivity contribution in [2.45, 2.75) is 13.5 Å². The van der Waals surface area contributed by atoms with Crippen LogP contribution < -0.4 is 5.32 Å². The van der Waals surface area contributed by atoms with Gasteiger partial charge in [0.25, 0.3) is 0 Å². The minimum atomic E-state index is -0.0305. The van der Waals surface area contributed by atoms with Gasteiger partial charge in [-0.2, -0.15) is 0 Å². The number of nitrogens with one attached hydrogen (secondary N) is 1. The van der Waals surface area contributed by atoms with E-state index < -0.39 is 0 Å². The van der Waals surface area contributed by atoms with E-state index in [-0.39, 0.29) is 6.03 Å². The maximum Gasteiger partial charge on any atom is 0.317 e. The summed E-state index contributed by atoms with van der Waals surface area (Å²) in [6.45, 7) is 3.26. The summed E-state index contributed by atoms with van der Waals surface area (Å²) >= 11 is 5.01. The Morgan fingerprint density at radius 3 is 2.86 bits per heavy atom. The van der Waals surface area contributed by atoms with Gasteiger partial charge in [-0.1, -0.05) is 0 Å². The van der Waals surface area contributed by atoms with Crippen LogP contribution in [0.1, 0.15) is 11.8 Å². The number of halogens is 1. The van der Waals surface area contributed by atoms with Crippen LogP contribution in [0.3, 0.4) is 0 Å². The van der Waals surface area contributed by atoms with Gasteiger partial charge >= 0.3 is 6.03 Å². The molecule has 2 amide bonds. The third-order valence-electron chi connectivity index (χ3n) is 1.86. The van der Waals surface area contributed by atoms with Gasteiger partial charge in [-0.25, -0.2) is 4.79 Å². The van der Waals surface area contributed by atoms with Crippen LogP contribution in [0.2, 0.25) is 0 Å². The lowest BCUT2D eigenvalue weighted by atomic mass is 10.4. The van der Waals surface area contributed by atoms with Crippen molar-refractivity contribution in [3.8, 4) is 0 Å². The summed E-state index contributed by atoms with van der Waals surface area (Å²) in [6, 6.07) is 3.95. The van der Waals surface area contributed by atoms with Gasteiger partial charge in [-0.05, 0) is 35.0 Å². The quantitative estimate of drug-likeness (QED) is 0.905. The van der Waals surface area contributed by atoms with Crippen molar-refractivity contribution >= 4 is 33.3 Å². The fraction of sp³-hybridized carbons (Fsp3) is 0.444. The number of hydrogen-bond donors (Lipinski definition) is 1. The summed E-state index contributed by atoms with van der Waals surface area (Å²) in [5.41, 5.74) is 0. The molecule has 0 aromatic carbocycles. The zero-order chi connectivity index (χ0) is 10.6. The molecular weight excluding hydrogens is 264 g/mol. The lowest BCUT2D eigenvalue weighted by molar-refractivity contribution is 0.210. The maximum atomic E-state index is 11.4. The predicted octanol–water partition coefficient (Wildman–Crippen LogP) is 2.67. The second-order valence-corrected chi connectivity index (χ2v) is 5.43. The molecule has 14 heavy (non-hydrogen) atoms. The molecule has 3 nitrogen and oxygen atoms in total. The number of rotatable bonds is 3. The maximum absolute atomic E-state index is 11.4. The first kappa shape index (κ1) is 11.5. The van der Waals surface area contributed by atoms with Crippen LogP contribution in [-0.4, -0.2) is 24.5 Å². The van der Waals surface area contributed by atoms with E-state index in [9.17, 15) is 4.79 Å². The highest BCUT2D eigenvalue weighted by atomic mass is 79.9. The van der Waals surface area contributed by atoms with Crippen molar-refractivity contribution in [2.24, 2.45) is 0 Å². The second-order valence-electron chi connectivity index (χ2n) is 2.88. The molecule has 1 N–H and O–H groups in total. The number of thiophene rings is 1. The molecule has 0 unspecified atom stereocenters. The molecule has 1 rings (SSSR count). The molecule has 0 aliphatic rings. The first-order valence-electron chi connectivity index (χ1n) is 4.36. The molecule has 0 atom stereocenters. The Balaban J connectivity index is 2.37. The molecule has 0 fully saturated rings. The molecular formula is C9H13BrN2OS. The SMILES string of the molecule is CCN(C)C(=O)NCc1ccc(Br)s1. The molecule has 1 heterocycles. The number of urea groups is 1. The highest BCUT2D eigenvalue weighted by Crippen LogP contribution is 2.21. The number of carbonyl (C=O) groups is 1. The van der Waals surface area contributed by atoms with Gasteiger partial charge in [0, 0.05) is 18.5 Å². The van der Waals surface area contributed by atoms with Crippen LogP contribution in [0.5, 0.6) is 0 Å². The Morgan fingerprint density at radius 1 is 1.64 bits per heavy atom. The molecule has 0 saturated carbocycles. The summed E-state index contributed by atoms with van der Waals surface area (Å²) < 4.78 is 1.09. The van der Waals surface area contributed by atoms with Crippen LogP contribution >= 0.6 is 27.3 Å². The third-order valence-corrected chi connectivity index (χ3v) is 3.49. The molecule has 0 saturated heterocycles. The van der Waals surface area contributed by atoms with Gasteiger partial charge in [-0.3, -0.25) is 0 Å². The lowest BCUT2D eigenvalue weighted by Crippen LogP contribution is -2.36. The molecule has 5 heteroatoms. The van der Waals surface area contributed by atoms with Crippen molar-refractivity contribution < 1.29 is 4.79 Å². The van der Waals surface area contributed by atoms with E-state index >= 15 is 0 Å². The average molecular weight is 277 g/mol. The van der Waals surface area contributed by atoms with Gasteiger partial charge in [-0.15, -0.1) is 11.3 Å². The largest absolute Gasteiger partial charge is 0.333 e. The third kappa shape index (κ3) is 3.31. The van der Waals surface area contributed by atoms with E-state index in [2.05, 4.69) is 21.2 Å². The Labute approximate surface area is 96.2 Å². The molecule has 1 aromatic heterocycles. The number of carbonyl (C=O) groups excluding carboxylic acids is 1. The van der Waals surface area contributed by atoms with Crippen LogP contribution in [0.25, 0.3) is 0 Å². The van der Waals surface area contributed by atoms with E-state index in [1.807, 2.05) is 19.1 Å². The average Bonchev–Trinajstić information content (AvgIpc) is 2.59. The molecule has 0 radical (unpaired) electrons. The summed E-state index contributed by atoms with van der Waals surface area (Å²) in [5.74, 6) is 0. The van der Waals surface area contributed by atoms with Crippen molar-refractivity contribution in [1.82, 2.24) is 10.2 Å². The van der Waals surface area contributed by atoms with E-state index in [1.165, 1.54) is 0 Å². The van der Waals surface area contributed by atoms with Gasteiger partial charge in [0.05, 0.1) is 10.3 Å². The van der Waals surface area contributed by atoms with Crippen molar-refractivity contribution in [2.75, 3.05) is 13.6 Å². The molecule has 0 aliphatic carbocycles. The minimum Gasteiger partial charge on any atom is -0.333 e. The van der Waals surface area contributed by atoms with Crippen molar-refractivity contribution in [3.63, 3.8) is 0 Å². The monoisotopic (exact) mass is 276 g/mol. The zero-order valence-corrected chi connectivity index (χ0v) is 10.6. The summed E-state index contributed by atoms with van der Waals surface area (Å²) in [7, 11) is 1.78. The fourth-order valence-electron chi connectivity index (χ4n) is 0.888. The Hall–Kier alpha value is -0.550. The van der Waals surface area contributed by atoms with Crippen molar-refractivity contribution in [3.05, 3.63) is 20.8 Å². The predicted molar refractivity (Wildman–Crippen MR) is 62.6 cm³/mol. The molecule has 78 valence electrons. The van der Waals surface area contributed by atoms with E-state index in [0.29, 0.717) is 6.54 Å². The molecule has 0 aliphatic heterocycles. The first-order valence-corrected chi connectivity index (χ1v) is 5.97. The smallest absolute Gasteiger partial charge is 0.317 e.